The van der Waals surface area contributed by atoms with Gasteiger partial charge < -0.3 is 15.4 Å². The van der Waals surface area contributed by atoms with E-state index in [1.165, 1.54) is 0 Å². The molecular weight excluding hydrogens is 358 g/mol. The predicted octanol–water partition coefficient (Wildman–Crippen LogP) is 4.67. The highest BCUT2D eigenvalue weighted by molar-refractivity contribution is 6.12. The summed E-state index contributed by atoms with van der Waals surface area (Å²) in [6.07, 6.45) is 4.99. The SMILES string of the molecule is Nc1nccc2c1c1ccccc1n2C1CCCC(O)(C#Cc2ccccc2)C1. The fraction of sp³-hybridized carbons (Fsp3) is 0.240. The fourth-order valence-corrected chi connectivity index (χ4v) is 4.63. The summed E-state index contributed by atoms with van der Waals surface area (Å²) in [5, 5.41) is 13.4. The van der Waals surface area contributed by atoms with Gasteiger partial charge in [0.1, 0.15) is 11.4 Å². The first-order valence-electron chi connectivity index (χ1n) is 10.1. The highest BCUT2D eigenvalue weighted by Crippen LogP contribution is 2.41. The number of anilines is 1. The van der Waals surface area contributed by atoms with Crippen LogP contribution in [0.1, 0.15) is 37.3 Å². The van der Waals surface area contributed by atoms with Crippen LogP contribution in [-0.4, -0.2) is 20.3 Å². The Bertz CT molecular complexity index is 1250. The van der Waals surface area contributed by atoms with E-state index in [0.717, 1.165) is 40.2 Å². The van der Waals surface area contributed by atoms with Crippen molar-refractivity contribution < 1.29 is 5.11 Å². The Morgan fingerprint density at radius 2 is 1.83 bits per heavy atom. The van der Waals surface area contributed by atoms with Crippen LogP contribution in [0.25, 0.3) is 21.8 Å². The van der Waals surface area contributed by atoms with Gasteiger partial charge in [-0.3, -0.25) is 0 Å². The topological polar surface area (TPSA) is 64.1 Å². The average molecular weight is 381 g/mol. The van der Waals surface area contributed by atoms with Crippen molar-refractivity contribution in [1.29, 1.82) is 0 Å². The Balaban J connectivity index is 1.59. The van der Waals surface area contributed by atoms with Crippen molar-refractivity contribution in [2.24, 2.45) is 0 Å². The van der Waals surface area contributed by atoms with Gasteiger partial charge >= 0.3 is 0 Å². The molecule has 2 aromatic carbocycles. The summed E-state index contributed by atoms with van der Waals surface area (Å²) in [5.41, 5.74) is 8.38. The second-order valence-electron chi connectivity index (χ2n) is 7.88. The highest BCUT2D eigenvalue weighted by atomic mass is 16.3. The standard InChI is InChI=1S/C25H23N3O/c26-24-23-20-10-4-5-11-21(20)28(22(23)13-16-27-24)19-9-6-14-25(29,17-19)15-12-18-7-2-1-3-8-18/h1-5,7-8,10-11,13,16,19,29H,6,9,14,17H2,(H2,26,27). The molecule has 3 N–H and O–H groups in total. The van der Waals surface area contributed by atoms with E-state index in [2.05, 4.69) is 33.5 Å². The Labute approximate surface area is 170 Å². The van der Waals surface area contributed by atoms with Crippen molar-refractivity contribution >= 4 is 27.6 Å². The second kappa shape index (κ2) is 6.95. The minimum Gasteiger partial charge on any atom is -0.383 e. The van der Waals surface area contributed by atoms with Crippen molar-refractivity contribution in [2.75, 3.05) is 5.73 Å². The first-order chi connectivity index (χ1) is 14.1. The Hall–Kier alpha value is -3.29. The molecule has 4 aromatic rings. The molecule has 0 radical (unpaired) electrons. The van der Waals surface area contributed by atoms with E-state index in [-0.39, 0.29) is 6.04 Å². The molecular formula is C25H23N3O. The molecule has 4 nitrogen and oxygen atoms in total. The summed E-state index contributed by atoms with van der Waals surface area (Å²) in [7, 11) is 0. The number of pyridine rings is 1. The van der Waals surface area contributed by atoms with E-state index in [4.69, 9.17) is 5.73 Å². The number of hydrogen-bond donors (Lipinski definition) is 2. The molecule has 1 saturated carbocycles. The van der Waals surface area contributed by atoms with Crippen LogP contribution in [0.5, 0.6) is 0 Å². The van der Waals surface area contributed by atoms with E-state index in [9.17, 15) is 5.11 Å². The molecule has 2 heterocycles. The summed E-state index contributed by atoms with van der Waals surface area (Å²) >= 11 is 0. The van der Waals surface area contributed by atoms with Gasteiger partial charge in [0.15, 0.2) is 0 Å². The number of aromatic nitrogens is 2. The van der Waals surface area contributed by atoms with Crippen molar-refractivity contribution in [3.05, 3.63) is 72.4 Å². The molecule has 2 aromatic heterocycles. The monoisotopic (exact) mass is 381 g/mol. The number of para-hydroxylation sites is 1. The lowest BCUT2D eigenvalue weighted by Gasteiger charge is -2.34. The minimum absolute atomic E-state index is 0.156. The number of nitrogens with zero attached hydrogens (tertiary/aromatic N) is 2. The predicted molar refractivity (Wildman–Crippen MR) is 117 cm³/mol. The van der Waals surface area contributed by atoms with Gasteiger partial charge in [-0.1, -0.05) is 48.2 Å². The smallest absolute Gasteiger partial charge is 0.133 e. The Morgan fingerprint density at radius 1 is 1.03 bits per heavy atom. The zero-order valence-corrected chi connectivity index (χ0v) is 16.2. The Kier molecular flexibility index (Phi) is 4.26. The fourth-order valence-electron chi connectivity index (χ4n) is 4.63. The van der Waals surface area contributed by atoms with Crippen molar-refractivity contribution in [3.8, 4) is 11.8 Å². The minimum atomic E-state index is -0.991. The second-order valence-corrected chi connectivity index (χ2v) is 7.88. The van der Waals surface area contributed by atoms with Gasteiger partial charge in [-0.15, -0.1) is 0 Å². The molecule has 2 unspecified atom stereocenters. The van der Waals surface area contributed by atoms with Crippen LogP contribution in [0.3, 0.4) is 0 Å². The van der Waals surface area contributed by atoms with Crippen molar-refractivity contribution in [2.45, 2.75) is 37.3 Å². The normalized spacial score (nSPS) is 21.8. The van der Waals surface area contributed by atoms with Crippen molar-refractivity contribution in [3.63, 3.8) is 0 Å². The molecule has 0 spiro atoms. The summed E-state index contributed by atoms with van der Waals surface area (Å²) in [5.74, 6) is 6.88. The van der Waals surface area contributed by atoms with Gasteiger partial charge in [0, 0.05) is 40.5 Å². The molecule has 0 bridgehead atoms. The summed E-state index contributed by atoms with van der Waals surface area (Å²) < 4.78 is 2.33. The maximum Gasteiger partial charge on any atom is 0.133 e. The summed E-state index contributed by atoms with van der Waals surface area (Å²) in [6.45, 7) is 0. The molecule has 0 saturated heterocycles. The molecule has 29 heavy (non-hydrogen) atoms. The van der Waals surface area contributed by atoms with Gasteiger partial charge in [-0.25, -0.2) is 4.98 Å². The largest absolute Gasteiger partial charge is 0.383 e. The van der Waals surface area contributed by atoms with Gasteiger partial charge in [0.25, 0.3) is 0 Å². The van der Waals surface area contributed by atoms with Gasteiger partial charge in [0.05, 0.1) is 5.52 Å². The first-order valence-corrected chi connectivity index (χ1v) is 10.1. The number of rotatable bonds is 1. The van der Waals surface area contributed by atoms with Gasteiger partial charge in [-0.05, 0) is 43.5 Å². The number of nitrogen functional groups attached to an aromatic ring is 1. The number of nitrogens with two attached hydrogens (primary N) is 1. The molecule has 4 heteroatoms. The van der Waals surface area contributed by atoms with E-state index in [1.54, 1.807) is 6.20 Å². The lowest BCUT2D eigenvalue weighted by atomic mass is 9.81. The first kappa shape index (κ1) is 17.8. The maximum atomic E-state index is 11.3. The van der Waals surface area contributed by atoms with E-state index >= 15 is 0 Å². The van der Waals surface area contributed by atoms with E-state index in [1.807, 2.05) is 48.5 Å². The molecule has 2 atom stereocenters. The maximum absolute atomic E-state index is 11.3. The van der Waals surface area contributed by atoms with Crippen LogP contribution >= 0.6 is 0 Å². The van der Waals surface area contributed by atoms with Gasteiger partial charge in [-0.2, -0.15) is 0 Å². The zero-order valence-electron chi connectivity index (χ0n) is 16.2. The third kappa shape index (κ3) is 3.14. The van der Waals surface area contributed by atoms with Gasteiger partial charge in [0.2, 0.25) is 0 Å². The third-order valence-corrected chi connectivity index (χ3v) is 5.93. The molecule has 1 aliphatic carbocycles. The molecule has 1 fully saturated rings. The average Bonchev–Trinajstić information content (AvgIpc) is 3.09. The Morgan fingerprint density at radius 3 is 2.69 bits per heavy atom. The third-order valence-electron chi connectivity index (χ3n) is 5.93. The molecule has 0 aliphatic heterocycles. The number of benzene rings is 2. The van der Waals surface area contributed by atoms with Crippen LogP contribution in [0, 0.1) is 11.8 Å². The van der Waals surface area contributed by atoms with E-state index in [0.29, 0.717) is 18.7 Å². The van der Waals surface area contributed by atoms with Crippen LogP contribution in [0.4, 0.5) is 5.82 Å². The number of hydrogen-bond acceptors (Lipinski definition) is 3. The molecule has 1 aliphatic rings. The molecule has 144 valence electrons. The lowest BCUT2D eigenvalue weighted by molar-refractivity contribution is 0.0414. The lowest BCUT2D eigenvalue weighted by Crippen LogP contribution is -2.34. The van der Waals surface area contributed by atoms with Crippen LogP contribution in [0.15, 0.2) is 66.9 Å². The quantitative estimate of drug-likeness (QED) is 0.471. The number of fused-ring (bicyclic) bond motifs is 3. The summed E-state index contributed by atoms with van der Waals surface area (Å²) in [4.78, 5) is 4.30. The van der Waals surface area contributed by atoms with Crippen LogP contribution in [0.2, 0.25) is 0 Å². The van der Waals surface area contributed by atoms with Crippen molar-refractivity contribution in [1.82, 2.24) is 9.55 Å². The number of aliphatic hydroxyl groups is 1. The van der Waals surface area contributed by atoms with Crippen LogP contribution < -0.4 is 5.73 Å². The zero-order chi connectivity index (χ0) is 19.8. The molecule has 5 rings (SSSR count). The van der Waals surface area contributed by atoms with Crippen LogP contribution in [-0.2, 0) is 0 Å². The molecule has 0 amide bonds. The van der Waals surface area contributed by atoms with E-state index < -0.39 is 5.60 Å². The highest BCUT2D eigenvalue weighted by Gasteiger charge is 2.35. The summed E-state index contributed by atoms with van der Waals surface area (Å²) in [6, 6.07) is 20.3.